The molecule has 1 atom stereocenters. The van der Waals surface area contributed by atoms with E-state index < -0.39 is 11.4 Å². The zero-order chi connectivity index (χ0) is 18.8. The summed E-state index contributed by atoms with van der Waals surface area (Å²) in [5.41, 5.74) is 6.12. The molecule has 5 heteroatoms. The van der Waals surface area contributed by atoms with Crippen LogP contribution in [-0.2, 0) is 10.2 Å². The van der Waals surface area contributed by atoms with E-state index in [1.54, 1.807) is 0 Å². The zero-order valence-electron chi connectivity index (χ0n) is 15.9. The van der Waals surface area contributed by atoms with Crippen LogP contribution in [0.5, 0.6) is 0 Å². The Morgan fingerprint density at radius 2 is 1.62 bits per heavy atom. The summed E-state index contributed by atoms with van der Waals surface area (Å²) >= 11 is 0. The zero-order valence-corrected chi connectivity index (χ0v) is 15.9. The van der Waals surface area contributed by atoms with Crippen molar-refractivity contribution in [3.8, 4) is 0 Å². The molecule has 2 aliphatic rings. The van der Waals surface area contributed by atoms with Gasteiger partial charge in [0.05, 0.1) is 0 Å². The summed E-state index contributed by atoms with van der Waals surface area (Å²) < 4.78 is 0. The van der Waals surface area contributed by atoms with E-state index in [-0.39, 0.29) is 16.9 Å². The lowest BCUT2D eigenvalue weighted by molar-refractivity contribution is -0.124. The Morgan fingerprint density at radius 3 is 2.12 bits per heavy atom. The fraction of sp³-hybridized carbons (Fsp3) is 0.619. The second-order valence-corrected chi connectivity index (χ2v) is 8.68. The molecule has 0 saturated heterocycles. The molecule has 2 aliphatic carbocycles. The molecule has 2 fully saturated rings. The number of hydrogen-bond acceptors (Lipinski definition) is 2. The SMILES string of the molecule is CC1(C)C[C@@]1(CNC(=O)NC1(C(N)=O)CCCCCC1)c1ccccc1. The van der Waals surface area contributed by atoms with E-state index in [2.05, 4.69) is 36.6 Å². The molecule has 0 radical (unpaired) electrons. The van der Waals surface area contributed by atoms with Gasteiger partial charge in [-0.15, -0.1) is 0 Å². The molecule has 0 spiro atoms. The third-order valence-electron chi connectivity index (χ3n) is 6.57. The highest BCUT2D eigenvalue weighted by Gasteiger charge is 2.61. The maximum absolute atomic E-state index is 12.6. The molecule has 142 valence electrons. The summed E-state index contributed by atoms with van der Waals surface area (Å²) in [6, 6.07) is 10.1. The third-order valence-corrected chi connectivity index (χ3v) is 6.57. The normalized spacial score (nSPS) is 26.4. The van der Waals surface area contributed by atoms with Crippen LogP contribution in [0.2, 0.25) is 0 Å². The highest BCUT2D eigenvalue weighted by molar-refractivity contribution is 5.90. The molecule has 4 N–H and O–H groups in total. The van der Waals surface area contributed by atoms with Crippen molar-refractivity contribution in [3.63, 3.8) is 0 Å². The minimum absolute atomic E-state index is 0.0467. The Bertz CT molecular complexity index is 663. The van der Waals surface area contributed by atoms with E-state index in [1.165, 1.54) is 5.56 Å². The highest BCUT2D eigenvalue weighted by Crippen LogP contribution is 2.63. The number of amides is 3. The minimum atomic E-state index is -0.903. The number of rotatable bonds is 5. The number of carbonyl (C=O) groups is 2. The Balaban J connectivity index is 1.67. The Labute approximate surface area is 156 Å². The molecular formula is C21H31N3O2. The standard InChI is InChI=1S/C21H31N3O2/c1-19(2)14-20(19,16-10-6-5-7-11-16)15-23-18(26)24-21(17(22)25)12-8-3-4-9-13-21/h5-7,10-11H,3-4,8-9,12-15H2,1-2H3,(H2,22,25)(H2,23,24,26)/t20-/m1/s1. The molecule has 26 heavy (non-hydrogen) atoms. The van der Waals surface area contributed by atoms with Crippen LogP contribution in [-0.4, -0.2) is 24.0 Å². The van der Waals surface area contributed by atoms with Gasteiger partial charge in [-0.1, -0.05) is 69.9 Å². The predicted molar refractivity (Wildman–Crippen MR) is 103 cm³/mol. The molecule has 2 saturated carbocycles. The third kappa shape index (κ3) is 3.44. The predicted octanol–water partition coefficient (Wildman–Crippen LogP) is 3.23. The van der Waals surface area contributed by atoms with Crippen molar-refractivity contribution in [1.82, 2.24) is 10.6 Å². The lowest BCUT2D eigenvalue weighted by Crippen LogP contribution is -2.60. The van der Waals surface area contributed by atoms with Crippen molar-refractivity contribution in [3.05, 3.63) is 35.9 Å². The van der Waals surface area contributed by atoms with Gasteiger partial charge in [0.1, 0.15) is 5.54 Å². The largest absolute Gasteiger partial charge is 0.368 e. The van der Waals surface area contributed by atoms with Gasteiger partial charge in [-0.05, 0) is 30.2 Å². The summed E-state index contributed by atoms with van der Waals surface area (Å²) in [6.07, 6.45) is 6.31. The molecule has 3 amide bonds. The number of nitrogens with two attached hydrogens (primary N) is 1. The lowest BCUT2D eigenvalue weighted by atomic mass is 9.87. The fourth-order valence-corrected chi connectivity index (χ4v) is 4.62. The van der Waals surface area contributed by atoms with Crippen LogP contribution in [0.1, 0.15) is 64.4 Å². The van der Waals surface area contributed by atoms with Crippen molar-refractivity contribution < 1.29 is 9.59 Å². The van der Waals surface area contributed by atoms with Gasteiger partial charge in [-0.3, -0.25) is 4.79 Å². The van der Waals surface area contributed by atoms with E-state index in [0.29, 0.717) is 19.4 Å². The quantitative estimate of drug-likeness (QED) is 0.707. The fourth-order valence-electron chi connectivity index (χ4n) is 4.62. The summed E-state index contributed by atoms with van der Waals surface area (Å²) in [5, 5.41) is 5.96. The number of hydrogen-bond donors (Lipinski definition) is 3. The van der Waals surface area contributed by atoms with Gasteiger partial charge in [-0.2, -0.15) is 0 Å². The van der Waals surface area contributed by atoms with Crippen molar-refractivity contribution in [2.45, 2.75) is 69.7 Å². The molecule has 1 aromatic rings. The molecule has 1 aromatic carbocycles. The summed E-state index contributed by atoms with van der Waals surface area (Å²) in [6.45, 7) is 5.02. The van der Waals surface area contributed by atoms with E-state index in [4.69, 9.17) is 5.73 Å². The van der Waals surface area contributed by atoms with Crippen LogP contribution in [0, 0.1) is 5.41 Å². The van der Waals surface area contributed by atoms with E-state index in [1.807, 2.05) is 18.2 Å². The summed E-state index contributed by atoms with van der Waals surface area (Å²) in [5.74, 6) is -0.418. The Hall–Kier alpha value is -2.04. The number of urea groups is 1. The Morgan fingerprint density at radius 1 is 1.04 bits per heavy atom. The second-order valence-electron chi connectivity index (χ2n) is 8.68. The first-order valence-corrected chi connectivity index (χ1v) is 9.73. The van der Waals surface area contributed by atoms with E-state index in [9.17, 15) is 9.59 Å². The molecule has 3 rings (SSSR count). The number of carbonyl (C=O) groups excluding carboxylic acids is 2. The summed E-state index contributed by atoms with van der Waals surface area (Å²) in [7, 11) is 0. The molecule has 0 heterocycles. The van der Waals surface area contributed by atoms with Crippen molar-refractivity contribution in [2.75, 3.05) is 6.54 Å². The Kier molecular flexibility index (Phi) is 5.00. The smallest absolute Gasteiger partial charge is 0.315 e. The average molecular weight is 357 g/mol. The van der Waals surface area contributed by atoms with Crippen molar-refractivity contribution in [2.24, 2.45) is 11.1 Å². The monoisotopic (exact) mass is 357 g/mol. The molecule has 5 nitrogen and oxygen atoms in total. The van der Waals surface area contributed by atoms with Gasteiger partial charge in [0, 0.05) is 12.0 Å². The second kappa shape index (κ2) is 6.93. The van der Waals surface area contributed by atoms with Crippen LogP contribution in [0.3, 0.4) is 0 Å². The molecule has 0 aliphatic heterocycles. The van der Waals surface area contributed by atoms with Crippen LogP contribution >= 0.6 is 0 Å². The first-order chi connectivity index (χ1) is 12.3. The topological polar surface area (TPSA) is 84.2 Å². The van der Waals surface area contributed by atoms with Crippen LogP contribution in [0.4, 0.5) is 4.79 Å². The number of nitrogens with one attached hydrogen (secondary N) is 2. The van der Waals surface area contributed by atoms with Gasteiger partial charge in [-0.25, -0.2) is 4.79 Å². The number of benzene rings is 1. The molecular weight excluding hydrogens is 326 g/mol. The lowest BCUT2D eigenvalue weighted by Gasteiger charge is -2.31. The first-order valence-electron chi connectivity index (χ1n) is 9.73. The van der Waals surface area contributed by atoms with Gasteiger partial charge < -0.3 is 16.4 Å². The first kappa shape index (κ1) is 18.7. The van der Waals surface area contributed by atoms with Crippen LogP contribution in [0.25, 0.3) is 0 Å². The van der Waals surface area contributed by atoms with Crippen molar-refractivity contribution >= 4 is 11.9 Å². The molecule has 0 bridgehead atoms. The van der Waals surface area contributed by atoms with Gasteiger partial charge in [0.25, 0.3) is 0 Å². The highest BCUT2D eigenvalue weighted by atomic mass is 16.2. The maximum Gasteiger partial charge on any atom is 0.315 e. The van der Waals surface area contributed by atoms with Crippen molar-refractivity contribution in [1.29, 1.82) is 0 Å². The van der Waals surface area contributed by atoms with Gasteiger partial charge >= 0.3 is 6.03 Å². The maximum atomic E-state index is 12.6. The van der Waals surface area contributed by atoms with Gasteiger partial charge in [0.2, 0.25) is 5.91 Å². The number of primary amides is 1. The molecule has 0 aromatic heterocycles. The molecule has 0 unspecified atom stereocenters. The van der Waals surface area contributed by atoms with Crippen LogP contribution < -0.4 is 16.4 Å². The summed E-state index contributed by atoms with van der Waals surface area (Å²) in [4.78, 5) is 24.7. The van der Waals surface area contributed by atoms with Crippen LogP contribution in [0.15, 0.2) is 30.3 Å². The average Bonchev–Trinajstić information content (AvgIpc) is 3.26. The van der Waals surface area contributed by atoms with E-state index in [0.717, 1.165) is 32.1 Å². The minimum Gasteiger partial charge on any atom is -0.368 e. The van der Waals surface area contributed by atoms with E-state index >= 15 is 0 Å². The van der Waals surface area contributed by atoms with Gasteiger partial charge in [0.15, 0.2) is 0 Å².